The third-order valence-corrected chi connectivity index (χ3v) is 6.42. The van der Waals surface area contributed by atoms with E-state index in [1.54, 1.807) is 12.2 Å². The van der Waals surface area contributed by atoms with Crippen molar-refractivity contribution < 1.29 is 13.2 Å². The molecule has 2 rings (SSSR count). The summed E-state index contributed by atoms with van der Waals surface area (Å²) >= 11 is 1.13. The predicted octanol–water partition coefficient (Wildman–Crippen LogP) is -0.602. The second-order valence-corrected chi connectivity index (χ2v) is 7.96. The standard InChI is InChI=1S/C10H14N2O3S2/c1-17(14,15)8-6-4-2-3-5-7(6)16-10(8,12)9(11)13/h2-8H,12H2,1H3,(H2,11,13). The van der Waals surface area contributed by atoms with Crippen LogP contribution in [0.15, 0.2) is 24.3 Å². The van der Waals surface area contributed by atoms with Crippen LogP contribution in [-0.2, 0) is 14.6 Å². The van der Waals surface area contributed by atoms with Gasteiger partial charge in [0, 0.05) is 17.4 Å². The van der Waals surface area contributed by atoms with E-state index >= 15 is 0 Å². The monoisotopic (exact) mass is 274 g/mol. The maximum absolute atomic E-state index is 11.8. The Bertz CT molecular complexity index is 512. The van der Waals surface area contributed by atoms with Crippen molar-refractivity contribution in [3.8, 4) is 0 Å². The maximum Gasteiger partial charge on any atom is 0.249 e. The van der Waals surface area contributed by atoms with E-state index in [9.17, 15) is 13.2 Å². The molecule has 17 heavy (non-hydrogen) atoms. The first-order chi connectivity index (χ1) is 7.77. The zero-order chi connectivity index (χ0) is 12.8. The van der Waals surface area contributed by atoms with Crippen molar-refractivity contribution in [3.05, 3.63) is 24.3 Å². The Hall–Kier alpha value is -0.790. The molecule has 0 saturated carbocycles. The van der Waals surface area contributed by atoms with E-state index in [-0.39, 0.29) is 11.2 Å². The number of thioether (sulfide) groups is 1. The summed E-state index contributed by atoms with van der Waals surface area (Å²) in [4.78, 5) is 9.93. The van der Waals surface area contributed by atoms with Crippen molar-refractivity contribution in [1.82, 2.24) is 0 Å². The lowest BCUT2D eigenvalue weighted by atomic mass is 9.93. The first-order valence-corrected chi connectivity index (χ1v) is 7.90. The van der Waals surface area contributed by atoms with Crippen LogP contribution in [0.3, 0.4) is 0 Å². The molecule has 0 bridgehead atoms. The number of hydrogen-bond acceptors (Lipinski definition) is 5. The lowest BCUT2D eigenvalue weighted by molar-refractivity contribution is -0.120. The fourth-order valence-corrected chi connectivity index (χ4v) is 6.18. The van der Waals surface area contributed by atoms with Gasteiger partial charge in [-0.25, -0.2) is 8.42 Å². The number of carbonyl (C=O) groups is 1. The smallest absolute Gasteiger partial charge is 0.249 e. The zero-order valence-corrected chi connectivity index (χ0v) is 10.9. The average molecular weight is 274 g/mol. The van der Waals surface area contributed by atoms with Crippen LogP contribution in [0, 0.1) is 5.92 Å². The number of carbonyl (C=O) groups excluding carboxylic acids is 1. The lowest BCUT2D eigenvalue weighted by Gasteiger charge is -2.27. The van der Waals surface area contributed by atoms with Crippen molar-refractivity contribution in [3.63, 3.8) is 0 Å². The Morgan fingerprint density at radius 3 is 2.47 bits per heavy atom. The highest BCUT2D eigenvalue weighted by Gasteiger charge is 2.59. The molecule has 2 aliphatic rings. The Balaban J connectivity index is 2.53. The van der Waals surface area contributed by atoms with Gasteiger partial charge in [-0.05, 0) is 0 Å². The Morgan fingerprint density at radius 1 is 1.35 bits per heavy atom. The van der Waals surface area contributed by atoms with E-state index in [1.807, 2.05) is 12.2 Å². The Labute approximate surface area is 104 Å². The van der Waals surface area contributed by atoms with Gasteiger partial charge < -0.3 is 11.5 Å². The third-order valence-electron chi connectivity index (χ3n) is 3.07. The molecule has 4 unspecified atom stereocenters. The summed E-state index contributed by atoms with van der Waals surface area (Å²) in [6, 6.07) is 0. The first-order valence-electron chi connectivity index (χ1n) is 5.07. The number of rotatable bonds is 2. The minimum absolute atomic E-state index is 0.114. The molecule has 1 heterocycles. The second-order valence-electron chi connectivity index (χ2n) is 4.34. The van der Waals surface area contributed by atoms with Crippen LogP contribution < -0.4 is 11.5 Å². The van der Waals surface area contributed by atoms with E-state index in [4.69, 9.17) is 11.5 Å². The molecule has 4 atom stereocenters. The largest absolute Gasteiger partial charge is 0.367 e. The number of fused-ring (bicyclic) bond motifs is 1. The number of allylic oxidation sites excluding steroid dienone is 3. The summed E-state index contributed by atoms with van der Waals surface area (Å²) in [5.74, 6) is -1.08. The summed E-state index contributed by atoms with van der Waals surface area (Å²) in [6.07, 6.45) is 8.32. The van der Waals surface area contributed by atoms with E-state index < -0.39 is 25.9 Å². The maximum atomic E-state index is 11.8. The number of sulfone groups is 1. The van der Waals surface area contributed by atoms with Gasteiger partial charge in [0.25, 0.3) is 0 Å². The van der Waals surface area contributed by atoms with Crippen molar-refractivity contribution in [1.29, 1.82) is 0 Å². The number of hydrogen-bond donors (Lipinski definition) is 2. The lowest BCUT2D eigenvalue weighted by Crippen LogP contribution is -2.58. The second kappa shape index (κ2) is 3.86. The number of amides is 1. The highest BCUT2D eigenvalue weighted by Crippen LogP contribution is 2.49. The van der Waals surface area contributed by atoms with Gasteiger partial charge in [-0.15, -0.1) is 11.8 Å². The molecule has 5 nitrogen and oxygen atoms in total. The van der Waals surface area contributed by atoms with Crippen LogP contribution >= 0.6 is 11.8 Å². The normalized spacial score (nSPS) is 40.2. The molecule has 4 N–H and O–H groups in total. The zero-order valence-electron chi connectivity index (χ0n) is 9.24. The van der Waals surface area contributed by atoms with Crippen LogP contribution in [-0.4, -0.2) is 36.0 Å². The van der Waals surface area contributed by atoms with E-state index in [1.165, 1.54) is 0 Å². The van der Waals surface area contributed by atoms with E-state index in [0.29, 0.717) is 0 Å². The summed E-state index contributed by atoms with van der Waals surface area (Å²) < 4.78 is 23.7. The molecule has 0 aromatic heterocycles. The van der Waals surface area contributed by atoms with Crippen LogP contribution in [0.5, 0.6) is 0 Å². The topological polar surface area (TPSA) is 103 Å². The van der Waals surface area contributed by atoms with Crippen molar-refractivity contribution in [2.75, 3.05) is 6.26 Å². The van der Waals surface area contributed by atoms with Crippen molar-refractivity contribution in [2.24, 2.45) is 17.4 Å². The quantitative estimate of drug-likeness (QED) is 0.699. The molecule has 1 aliphatic heterocycles. The van der Waals surface area contributed by atoms with Crippen LogP contribution in [0.2, 0.25) is 0 Å². The summed E-state index contributed by atoms with van der Waals surface area (Å²) in [7, 11) is -3.46. The van der Waals surface area contributed by atoms with Crippen LogP contribution in [0.4, 0.5) is 0 Å². The molecule has 94 valence electrons. The Kier molecular flexibility index (Phi) is 2.87. The van der Waals surface area contributed by atoms with Gasteiger partial charge in [0.2, 0.25) is 5.91 Å². The molecule has 1 amide bonds. The van der Waals surface area contributed by atoms with Crippen molar-refractivity contribution in [2.45, 2.75) is 15.4 Å². The summed E-state index contributed by atoms with van der Waals surface area (Å²) in [6.45, 7) is 0. The third kappa shape index (κ3) is 1.92. The molecule has 1 fully saturated rings. The minimum Gasteiger partial charge on any atom is -0.367 e. The molecule has 0 aromatic carbocycles. The molecule has 1 saturated heterocycles. The first kappa shape index (κ1) is 12.7. The SMILES string of the molecule is CS(=O)(=O)C1C2C=CC=CC2SC1(N)C(N)=O. The summed E-state index contributed by atoms with van der Waals surface area (Å²) in [5, 5.41) is -1.08. The highest BCUT2D eigenvalue weighted by molar-refractivity contribution is 8.04. The Morgan fingerprint density at radius 2 is 1.94 bits per heavy atom. The molecule has 7 heteroatoms. The molecule has 0 spiro atoms. The summed E-state index contributed by atoms with van der Waals surface area (Å²) in [5.41, 5.74) is 11.2. The minimum atomic E-state index is -3.46. The van der Waals surface area contributed by atoms with Gasteiger partial charge in [0.1, 0.15) is 5.25 Å². The van der Waals surface area contributed by atoms with E-state index in [2.05, 4.69) is 0 Å². The van der Waals surface area contributed by atoms with Gasteiger partial charge in [0.05, 0.1) is 0 Å². The van der Waals surface area contributed by atoms with E-state index in [0.717, 1.165) is 18.0 Å². The average Bonchev–Trinajstić information content (AvgIpc) is 2.50. The van der Waals surface area contributed by atoms with Gasteiger partial charge >= 0.3 is 0 Å². The molecular weight excluding hydrogens is 260 g/mol. The van der Waals surface area contributed by atoms with Gasteiger partial charge in [-0.2, -0.15) is 0 Å². The van der Waals surface area contributed by atoms with Crippen LogP contribution in [0.1, 0.15) is 0 Å². The van der Waals surface area contributed by atoms with Gasteiger partial charge in [-0.3, -0.25) is 4.79 Å². The fraction of sp³-hybridized carbons (Fsp3) is 0.500. The molecule has 0 radical (unpaired) electrons. The predicted molar refractivity (Wildman–Crippen MR) is 67.9 cm³/mol. The highest BCUT2D eigenvalue weighted by atomic mass is 32.2. The molecule has 0 aromatic rings. The molecule has 1 aliphatic carbocycles. The number of nitrogens with two attached hydrogens (primary N) is 2. The van der Waals surface area contributed by atoms with Gasteiger partial charge in [0.15, 0.2) is 14.7 Å². The van der Waals surface area contributed by atoms with Gasteiger partial charge in [-0.1, -0.05) is 24.3 Å². The van der Waals surface area contributed by atoms with Crippen molar-refractivity contribution >= 4 is 27.5 Å². The number of primary amides is 1. The van der Waals surface area contributed by atoms with Crippen LogP contribution in [0.25, 0.3) is 0 Å². The fourth-order valence-electron chi connectivity index (χ4n) is 2.37. The molecular formula is C10H14N2O3S2.